The van der Waals surface area contributed by atoms with E-state index in [0.717, 1.165) is 25.2 Å². The van der Waals surface area contributed by atoms with Gasteiger partial charge in [0.15, 0.2) is 0 Å². The fourth-order valence-corrected chi connectivity index (χ4v) is 2.98. The van der Waals surface area contributed by atoms with E-state index in [-0.39, 0.29) is 5.56 Å². The molecule has 0 aliphatic rings. The molecule has 3 rings (SSSR count). The van der Waals surface area contributed by atoms with Gasteiger partial charge in [0.2, 0.25) is 11.9 Å². The minimum absolute atomic E-state index is 0.0889. The lowest BCUT2D eigenvalue weighted by Gasteiger charge is -2.28. The number of rotatable bonds is 8. The number of anilines is 2. The van der Waals surface area contributed by atoms with Crippen LogP contribution in [0.1, 0.15) is 27.7 Å². The van der Waals surface area contributed by atoms with Crippen LogP contribution in [0.15, 0.2) is 53.8 Å². The Bertz CT molecular complexity index is 945. The molecule has 0 radical (unpaired) electrons. The van der Waals surface area contributed by atoms with Crippen molar-refractivity contribution in [2.24, 2.45) is 7.05 Å². The molecule has 0 fully saturated rings. The van der Waals surface area contributed by atoms with Gasteiger partial charge in [0.1, 0.15) is 0 Å². The van der Waals surface area contributed by atoms with Crippen molar-refractivity contribution in [3.63, 3.8) is 0 Å². The molecule has 0 aromatic carbocycles. The van der Waals surface area contributed by atoms with Crippen LogP contribution in [0.25, 0.3) is 11.3 Å². The topological polar surface area (TPSA) is 80.0 Å². The number of hydrogen-bond acceptors (Lipinski definition) is 7. The van der Waals surface area contributed by atoms with Crippen molar-refractivity contribution in [3.05, 3.63) is 59.4 Å². The minimum Gasteiger partial charge on any atom is -0.341 e. The van der Waals surface area contributed by atoms with E-state index in [0.29, 0.717) is 24.1 Å². The Morgan fingerprint density at radius 1 is 0.933 bits per heavy atom. The van der Waals surface area contributed by atoms with Crippen molar-refractivity contribution < 1.29 is 0 Å². The van der Waals surface area contributed by atoms with Crippen LogP contribution in [0, 0.1) is 0 Å². The maximum absolute atomic E-state index is 12.5. The number of likely N-dealkylation sites (N-methyl/N-ethyl adjacent to an activating group) is 2. The molecule has 0 amide bonds. The molecule has 0 bridgehead atoms. The summed E-state index contributed by atoms with van der Waals surface area (Å²) in [7, 11) is 1.75. The summed E-state index contributed by atoms with van der Waals surface area (Å²) in [4.78, 5) is 34.2. The smallest absolute Gasteiger partial charge is 0.255 e. The average molecular weight is 410 g/mol. The van der Waals surface area contributed by atoms with Crippen molar-refractivity contribution in [2.45, 2.75) is 27.7 Å². The van der Waals surface area contributed by atoms with E-state index >= 15 is 0 Å². The van der Waals surface area contributed by atoms with Crippen LogP contribution in [-0.4, -0.2) is 50.7 Å². The second-order valence-corrected chi connectivity index (χ2v) is 6.28. The van der Waals surface area contributed by atoms with E-state index in [9.17, 15) is 4.79 Å². The number of nitrogens with zero attached hydrogens (tertiary/aromatic N) is 7. The Morgan fingerprint density at radius 3 is 2.13 bits per heavy atom. The van der Waals surface area contributed by atoms with Gasteiger partial charge in [0.25, 0.3) is 5.56 Å². The second-order valence-electron chi connectivity index (χ2n) is 6.28. The molecule has 30 heavy (non-hydrogen) atoms. The van der Waals surface area contributed by atoms with Crippen LogP contribution in [0.2, 0.25) is 0 Å². The van der Waals surface area contributed by atoms with E-state index in [4.69, 9.17) is 4.98 Å². The van der Waals surface area contributed by atoms with Crippen LogP contribution >= 0.6 is 0 Å². The van der Waals surface area contributed by atoms with Crippen molar-refractivity contribution in [3.8, 4) is 11.3 Å². The molecule has 8 heteroatoms. The molecule has 8 nitrogen and oxygen atoms in total. The normalized spacial score (nSPS) is 10.2. The molecule has 160 valence electrons. The molecule has 0 saturated heterocycles. The van der Waals surface area contributed by atoms with Crippen LogP contribution in [0.4, 0.5) is 11.9 Å². The van der Waals surface area contributed by atoms with Crippen LogP contribution < -0.4 is 15.4 Å². The molecule has 0 unspecified atom stereocenters. The van der Waals surface area contributed by atoms with Gasteiger partial charge < -0.3 is 9.80 Å². The van der Waals surface area contributed by atoms with Gasteiger partial charge in [-0.15, -0.1) is 0 Å². The number of pyridine rings is 1. The Kier molecular flexibility index (Phi) is 8.93. The van der Waals surface area contributed by atoms with Gasteiger partial charge in [-0.1, -0.05) is 13.8 Å². The first-order valence-corrected chi connectivity index (χ1v) is 10.4. The van der Waals surface area contributed by atoms with E-state index in [1.54, 1.807) is 48.5 Å². The predicted molar refractivity (Wildman–Crippen MR) is 122 cm³/mol. The van der Waals surface area contributed by atoms with E-state index in [2.05, 4.69) is 38.6 Å². The fourth-order valence-electron chi connectivity index (χ4n) is 2.98. The van der Waals surface area contributed by atoms with E-state index in [1.807, 2.05) is 26.0 Å². The van der Waals surface area contributed by atoms with Gasteiger partial charge in [-0.25, -0.2) is 15.0 Å². The molecule has 3 aromatic heterocycles. The molecule has 0 N–H and O–H groups in total. The van der Waals surface area contributed by atoms with Gasteiger partial charge in [-0.2, -0.15) is 0 Å². The lowest BCUT2D eigenvalue weighted by molar-refractivity contribution is 0.689. The summed E-state index contributed by atoms with van der Waals surface area (Å²) in [5, 5.41) is 0. The Morgan fingerprint density at radius 2 is 1.53 bits per heavy atom. The SMILES string of the molecule is CC.CCN(CCN(CC)c1nc(-c2ccncc2)cc(=O)n1C)c1ncccn1. The highest BCUT2D eigenvalue weighted by Gasteiger charge is 2.15. The quantitative estimate of drug-likeness (QED) is 0.566. The summed E-state index contributed by atoms with van der Waals surface area (Å²) < 4.78 is 1.59. The monoisotopic (exact) mass is 409 g/mol. The molecular weight excluding hydrogens is 378 g/mol. The summed E-state index contributed by atoms with van der Waals surface area (Å²) in [5.41, 5.74) is 1.43. The molecular formula is C22H31N7O. The van der Waals surface area contributed by atoms with Gasteiger partial charge in [0, 0.05) is 69.6 Å². The van der Waals surface area contributed by atoms with Crippen LogP contribution in [0.3, 0.4) is 0 Å². The van der Waals surface area contributed by atoms with Crippen molar-refractivity contribution in [1.29, 1.82) is 0 Å². The standard InChI is InChI=1S/C20H25N7O.C2H6/c1-4-26(19-22-9-6-10-23-19)13-14-27(5-2)20-24-17(15-18(28)25(20)3)16-7-11-21-12-8-16;1-2/h6-12,15H,4-5,13-14H2,1-3H3;1-2H3. The molecule has 3 aromatic rings. The molecule has 0 aliphatic carbocycles. The fraction of sp³-hybridized carbons (Fsp3) is 0.409. The molecule has 0 aliphatic heterocycles. The lowest BCUT2D eigenvalue weighted by atomic mass is 10.2. The highest BCUT2D eigenvalue weighted by Crippen LogP contribution is 2.18. The lowest BCUT2D eigenvalue weighted by Crippen LogP contribution is -2.39. The third-order valence-electron chi connectivity index (χ3n) is 4.61. The van der Waals surface area contributed by atoms with Crippen molar-refractivity contribution in [1.82, 2.24) is 24.5 Å². The predicted octanol–water partition coefficient (Wildman–Crippen LogP) is 3.01. The zero-order valence-electron chi connectivity index (χ0n) is 18.5. The van der Waals surface area contributed by atoms with Gasteiger partial charge in [-0.05, 0) is 32.0 Å². The second kappa shape index (κ2) is 11.6. The summed E-state index contributed by atoms with van der Waals surface area (Å²) in [5.74, 6) is 1.35. The van der Waals surface area contributed by atoms with Gasteiger partial charge in [0.05, 0.1) is 5.69 Å². The summed E-state index contributed by atoms with van der Waals surface area (Å²) in [6, 6.07) is 7.07. The highest BCUT2D eigenvalue weighted by atomic mass is 16.1. The Balaban J connectivity index is 0.00000155. The Labute approximate surface area is 178 Å². The van der Waals surface area contributed by atoms with Crippen LogP contribution in [0.5, 0.6) is 0 Å². The maximum atomic E-state index is 12.5. The molecule has 0 spiro atoms. The molecule has 3 heterocycles. The first kappa shape index (κ1) is 23.0. The van der Waals surface area contributed by atoms with Gasteiger partial charge in [-0.3, -0.25) is 14.3 Å². The first-order valence-electron chi connectivity index (χ1n) is 10.4. The average Bonchev–Trinajstić information content (AvgIpc) is 2.81. The summed E-state index contributed by atoms with van der Waals surface area (Å²) >= 11 is 0. The van der Waals surface area contributed by atoms with Crippen molar-refractivity contribution >= 4 is 11.9 Å². The number of hydrogen-bond donors (Lipinski definition) is 0. The zero-order valence-corrected chi connectivity index (χ0v) is 18.5. The summed E-state index contributed by atoms with van der Waals surface area (Å²) in [6.07, 6.45) is 6.88. The third-order valence-corrected chi connectivity index (χ3v) is 4.61. The highest BCUT2D eigenvalue weighted by molar-refractivity contribution is 5.59. The number of aromatic nitrogens is 5. The van der Waals surface area contributed by atoms with E-state index in [1.165, 1.54) is 0 Å². The minimum atomic E-state index is -0.0889. The van der Waals surface area contributed by atoms with Crippen LogP contribution in [-0.2, 0) is 7.05 Å². The van der Waals surface area contributed by atoms with Gasteiger partial charge >= 0.3 is 0 Å². The van der Waals surface area contributed by atoms with E-state index < -0.39 is 0 Å². The first-order chi connectivity index (χ1) is 14.6. The van der Waals surface area contributed by atoms with Crippen molar-refractivity contribution in [2.75, 3.05) is 36.0 Å². The third kappa shape index (κ3) is 5.62. The summed E-state index contributed by atoms with van der Waals surface area (Å²) in [6.45, 7) is 11.1. The Hall–Kier alpha value is -3.29. The molecule has 0 saturated carbocycles. The molecule has 0 atom stereocenters. The zero-order chi connectivity index (χ0) is 21.9. The largest absolute Gasteiger partial charge is 0.341 e. The maximum Gasteiger partial charge on any atom is 0.255 e.